The fourth-order valence-electron chi connectivity index (χ4n) is 2.86. The lowest BCUT2D eigenvalue weighted by atomic mass is 10.2. The number of methoxy groups -OCH3 is 1. The van der Waals surface area contributed by atoms with Gasteiger partial charge in [-0.25, -0.2) is 4.98 Å². The summed E-state index contributed by atoms with van der Waals surface area (Å²) < 4.78 is 51.3. The Balaban J connectivity index is 1.64. The number of aromatic nitrogens is 1. The number of amides is 1. The molecule has 1 aliphatic rings. The summed E-state index contributed by atoms with van der Waals surface area (Å²) in [5.74, 6) is -0.880. The Bertz CT molecular complexity index is 794. The number of nitrogens with zero attached hydrogens (tertiary/aromatic N) is 1. The molecule has 7 nitrogen and oxygen atoms in total. The van der Waals surface area contributed by atoms with Crippen LogP contribution >= 0.6 is 0 Å². The van der Waals surface area contributed by atoms with Crippen LogP contribution in [0.25, 0.3) is 11.3 Å². The van der Waals surface area contributed by atoms with E-state index in [1.165, 1.54) is 24.4 Å². The number of nitrogens with one attached hydrogen (secondary N) is 2. The third kappa shape index (κ3) is 5.20. The van der Waals surface area contributed by atoms with E-state index in [0.29, 0.717) is 25.1 Å². The van der Waals surface area contributed by atoms with Crippen molar-refractivity contribution < 1.29 is 31.9 Å². The van der Waals surface area contributed by atoms with E-state index in [9.17, 15) is 18.0 Å². The molecule has 2 heterocycles. The predicted octanol–water partition coefficient (Wildman–Crippen LogP) is 2.35. The fraction of sp³-hybridized carbons (Fsp3) is 0.412. The Kier molecular flexibility index (Phi) is 5.66. The number of hydrogen-bond acceptors (Lipinski definition) is 6. The molecular weight excluding hydrogens is 367 g/mol. The van der Waals surface area contributed by atoms with Gasteiger partial charge < -0.3 is 24.5 Å². The second-order valence-corrected chi connectivity index (χ2v) is 6.07. The second kappa shape index (κ2) is 7.97. The predicted molar refractivity (Wildman–Crippen MR) is 88.2 cm³/mol. The summed E-state index contributed by atoms with van der Waals surface area (Å²) in [6.07, 6.45) is -2.80. The molecule has 3 rings (SSSR count). The zero-order chi connectivity index (χ0) is 19.4. The number of hydrogen-bond donors (Lipinski definition) is 2. The quantitative estimate of drug-likeness (QED) is 0.794. The zero-order valence-electron chi connectivity index (χ0n) is 14.4. The molecule has 1 fully saturated rings. The van der Waals surface area contributed by atoms with Crippen molar-refractivity contribution in [2.24, 2.45) is 0 Å². The van der Waals surface area contributed by atoms with Crippen LogP contribution in [0, 0.1) is 0 Å². The summed E-state index contributed by atoms with van der Waals surface area (Å²) >= 11 is 0. The molecule has 0 spiro atoms. The number of halogens is 3. The lowest BCUT2D eigenvalue weighted by Gasteiger charge is -2.10. The van der Waals surface area contributed by atoms with Gasteiger partial charge in [-0.3, -0.25) is 4.79 Å². The topological polar surface area (TPSA) is 85.6 Å². The molecular formula is C17H18F3N3O4. The van der Waals surface area contributed by atoms with Crippen LogP contribution in [0.1, 0.15) is 17.1 Å². The van der Waals surface area contributed by atoms with Gasteiger partial charge in [0.15, 0.2) is 5.76 Å². The molecule has 1 saturated heterocycles. The standard InChI is InChI=1S/C17H18F3N3O4/c1-25-9-12-6-11(7-21-12)23-15(24)16-22-8-14(26-16)10-3-2-4-13(5-10)27-17(18,19)20/h2-5,8,11-12,21H,6-7,9H2,1H3,(H,23,24)/t11-,12+/m1/s1. The molecule has 1 amide bonds. The number of carbonyl (C=O) groups is 1. The van der Waals surface area contributed by atoms with E-state index in [1.807, 2.05) is 0 Å². The summed E-state index contributed by atoms with van der Waals surface area (Å²) in [7, 11) is 1.61. The molecule has 0 saturated carbocycles. The summed E-state index contributed by atoms with van der Waals surface area (Å²) in [5.41, 5.74) is 0.311. The first-order valence-electron chi connectivity index (χ1n) is 8.19. The van der Waals surface area contributed by atoms with Crippen LogP contribution in [-0.4, -0.2) is 49.6 Å². The van der Waals surface area contributed by atoms with Crippen molar-refractivity contribution in [2.75, 3.05) is 20.3 Å². The largest absolute Gasteiger partial charge is 0.573 e. The summed E-state index contributed by atoms with van der Waals surface area (Å²) in [6, 6.07) is 5.32. The highest BCUT2D eigenvalue weighted by atomic mass is 19.4. The van der Waals surface area contributed by atoms with E-state index >= 15 is 0 Å². The number of alkyl halides is 3. The molecule has 27 heavy (non-hydrogen) atoms. The lowest BCUT2D eigenvalue weighted by Crippen LogP contribution is -2.36. The summed E-state index contributed by atoms with van der Waals surface area (Å²) in [5, 5.41) is 6.03. The first-order chi connectivity index (χ1) is 12.8. The number of oxazole rings is 1. The van der Waals surface area contributed by atoms with Crippen LogP contribution in [0.15, 0.2) is 34.9 Å². The number of carbonyl (C=O) groups excluding carboxylic acids is 1. The Morgan fingerprint density at radius 1 is 1.44 bits per heavy atom. The maximum absolute atomic E-state index is 12.3. The van der Waals surface area contributed by atoms with Crippen molar-refractivity contribution in [3.63, 3.8) is 0 Å². The second-order valence-electron chi connectivity index (χ2n) is 6.07. The minimum Gasteiger partial charge on any atom is -0.432 e. The highest BCUT2D eigenvalue weighted by Gasteiger charge is 2.31. The van der Waals surface area contributed by atoms with E-state index in [0.717, 1.165) is 6.07 Å². The third-order valence-electron chi connectivity index (χ3n) is 3.98. The number of rotatable bonds is 6. The van der Waals surface area contributed by atoms with Crippen molar-refractivity contribution in [3.8, 4) is 17.1 Å². The third-order valence-corrected chi connectivity index (χ3v) is 3.98. The normalized spacial score (nSPS) is 19.9. The van der Waals surface area contributed by atoms with E-state index < -0.39 is 12.3 Å². The van der Waals surface area contributed by atoms with Gasteiger partial charge in [-0.15, -0.1) is 13.2 Å². The Morgan fingerprint density at radius 2 is 2.26 bits per heavy atom. The molecule has 0 bridgehead atoms. The van der Waals surface area contributed by atoms with Gasteiger partial charge in [0.2, 0.25) is 0 Å². The molecule has 2 atom stereocenters. The number of benzene rings is 1. The minimum absolute atomic E-state index is 0.0866. The molecule has 10 heteroatoms. The van der Waals surface area contributed by atoms with E-state index in [1.54, 1.807) is 7.11 Å². The van der Waals surface area contributed by atoms with Gasteiger partial charge in [-0.2, -0.15) is 0 Å². The monoisotopic (exact) mass is 385 g/mol. The van der Waals surface area contributed by atoms with Gasteiger partial charge in [0.1, 0.15) is 5.75 Å². The van der Waals surface area contributed by atoms with Crippen molar-refractivity contribution in [1.29, 1.82) is 0 Å². The van der Waals surface area contributed by atoms with Crippen LogP contribution in [0.5, 0.6) is 5.75 Å². The molecule has 1 aliphatic heterocycles. The van der Waals surface area contributed by atoms with Crippen LogP contribution in [0.3, 0.4) is 0 Å². The fourth-order valence-corrected chi connectivity index (χ4v) is 2.86. The van der Waals surface area contributed by atoms with E-state index in [-0.39, 0.29) is 29.5 Å². The molecule has 1 aromatic carbocycles. The van der Waals surface area contributed by atoms with E-state index in [2.05, 4.69) is 20.4 Å². The molecule has 0 aliphatic carbocycles. The number of ether oxygens (including phenoxy) is 2. The smallest absolute Gasteiger partial charge is 0.432 e. The van der Waals surface area contributed by atoms with Crippen LogP contribution < -0.4 is 15.4 Å². The molecule has 2 aromatic rings. The van der Waals surface area contributed by atoms with Gasteiger partial charge in [0.25, 0.3) is 5.89 Å². The first kappa shape index (κ1) is 19.2. The Labute approximate surface area is 152 Å². The molecule has 0 radical (unpaired) electrons. The van der Waals surface area contributed by atoms with Crippen LogP contribution in [-0.2, 0) is 4.74 Å². The lowest BCUT2D eigenvalue weighted by molar-refractivity contribution is -0.274. The SMILES string of the molecule is COC[C@@H]1C[C@@H](NC(=O)c2ncc(-c3cccc(OC(F)(F)F)c3)o2)CN1. The molecule has 1 aromatic heterocycles. The van der Waals surface area contributed by atoms with Gasteiger partial charge >= 0.3 is 12.3 Å². The molecule has 146 valence electrons. The average Bonchev–Trinajstić information content (AvgIpc) is 3.23. The van der Waals surface area contributed by atoms with Crippen LogP contribution in [0.4, 0.5) is 13.2 Å². The van der Waals surface area contributed by atoms with Crippen molar-refractivity contribution >= 4 is 5.91 Å². The minimum atomic E-state index is -4.79. The molecule has 0 unspecified atom stereocenters. The van der Waals surface area contributed by atoms with Gasteiger partial charge in [0, 0.05) is 31.3 Å². The van der Waals surface area contributed by atoms with Gasteiger partial charge in [0.05, 0.1) is 12.8 Å². The van der Waals surface area contributed by atoms with Crippen molar-refractivity contribution in [2.45, 2.75) is 24.9 Å². The Morgan fingerprint density at radius 3 is 3.00 bits per heavy atom. The molecule has 2 N–H and O–H groups in total. The highest BCUT2D eigenvalue weighted by Crippen LogP contribution is 2.28. The highest BCUT2D eigenvalue weighted by molar-refractivity contribution is 5.90. The van der Waals surface area contributed by atoms with Crippen molar-refractivity contribution in [1.82, 2.24) is 15.6 Å². The maximum atomic E-state index is 12.3. The van der Waals surface area contributed by atoms with E-state index in [4.69, 9.17) is 9.15 Å². The first-order valence-corrected chi connectivity index (χ1v) is 8.19. The van der Waals surface area contributed by atoms with Gasteiger partial charge in [-0.1, -0.05) is 12.1 Å². The summed E-state index contributed by atoms with van der Waals surface area (Å²) in [4.78, 5) is 16.2. The van der Waals surface area contributed by atoms with Crippen molar-refractivity contribution in [3.05, 3.63) is 36.4 Å². The zero-order valence-corrected chi connectivity index (χ0v) is 14.4. The maximum Gasteiger partial charge on any atom is 0.573 e. The van der Waals surface area contributed by atoms with Crippen LogP contribution in [0.2, 0.25) is 0 Å². The average molecular weight is 385 g/mol. The summed E-state index contributed by atoms with van der Waals surface area (Å²) in [6.45, 7) is 1.15. The van der Waals surface area contributed by atoms with Gasteiger partial charge in [-0.05, 0) is 18.6 Å². The Hall–Kier alpha value is -2.59.